The van der Waals surface area contributed by atoms with Crippen molar-refractivity contribution >= 4 is 11.9 Å². The minimum atomic E-state index is -1.26. The maximum atomic E-state index is 12.1. The van der Waals surface area contributed by atoms with Crippen LogP contribution < -0.4 is 5.73 Å². The van der Waals surface area contributed by atoms with Crippen LogP contribution in [0.4, 0.5) is 0 Å². The average molecular weight is 253 g/mol. The van der Waals surface area contributed by atoms with Gasteiger partial charge in [0.2, 0.25) is 0 Å². The number of ether oxygens (including phenoxy) is 2. The van der Waals surface area contributed by atoms with Crippen LogP contribution in [0.15, 0.2) is 12.2 Å². The molecule has 2 aliphatic carbocycles. The molecule has 0 aromatic rings. The number of allylic oxidation sites excluding steroid dienone is 1. The van der Waals surface area contributed by atoms with Crippen LogP contribution in [0.1, 0.15) is 20.3 Å². The number of rotatable bonds is 4. The zero-order chi connectivity index (χ0) is 13.3. The Bertz CT molecular complexity index is 392. The zero-order valence-electron chi connectivity index (χ0n) is 10.7. The van der Waals surface area contributed by atoms with E-state index in [9.17, 15) is 9.59 Å². The second kappa shape index (κ2) is 4.72. The van der Waals surface area contributed by atoms with Crippen molar-refractivity contribution in [2.75, 3.05) is 13.2 Å². The maximum absolute atomic E-state index is 12.1. The molecule has 1 fully saturated rings. The lowest BCUT2D eigenvalue weighted by atomic mass is 9.76. The molecule has 0 radical (unpaired) electrons. The molecule has 0 aliphatic heterocycles. The van der Waals surface area contributed by atoms with Crippen LogP contribution in [0.25, 0.3) is 0 Å². The van der Waals surface area contributed by atoms with E-state index in [-0.39, 0.29) is 25.0 Å². The molecule has 0 saturated heterocycles. The van der Waals surface area contributed by atoms with Gasteiger partial charge < -0.3 is 15.2 Å². The molecule has 0 unspecified atom stereocenters. The fourth-order valence-electron chi connectivity index (χ4n) is 3.05. The molecular weight excluding hydrogens is 234 g/mol. The molecule has 0 aromatic carbocycles. The van der Waals surface area contributed by atoms with Crippen LogP contribution >= 0.6 is 0 Å². The molecule has 0 heterocycles. The molecule has 5 heteroatoms. The normalized spacial score (nSPS) is 36.7. The van der Waals surface area contributed by atoms with Gasteiger partial charge in [0.15, 0.2) is 0 Å². The molecule has 2 bridgehead atoms. The number of carbonyl (C=O) groups is 2. The molecule has 2 aliphatic rings. The monoisotopic (exact) mass is 253 g/mol. The Morgan fingerprint density at radius 1 is 1.28 bits per heavy atom. The second-order valence-corrected chi connectivity index (χ2v) is 4.77. The highest BCUT2D eigenvalue weighted by atomic mass is 16.5. The number of esters is 2. The lowest BCUT2D eigenvalue weighted by Crippen LogP contribution is -2.60. The minimum Gasteiger partial charge on any atom is -0.466 e. The van der Waals surface area contributed by atoms with Gasteiger partial charge in [-0.25, -0.2) is 0 Å². The molecule has 2 rings (SSSR count). The van der Waals surface area contributed by atoms with Gasteiger partial charge in [-0.15, -0.1) is 0 Å². The molecule has 18 heavy (non-hydrogen) atoms. The van der Waals surface area contributed by atoms with Crippen molar-refractivity contribution in [1.29, 1.82) is 0 Å². The van der Waals surface area contributed by atoms with Crippen LogP contribution in [0, 0.1) is 17.8 Å². The number of hydrogen-bond donors (Lipinski definition) is 1. The quantitative estimate of drug-likeness (QED) is 0.587. The topological polar surface area (TPSA) is 78.6 Å². The molecule has 5 nitrogen and oxygen atoms in total. The Balaban J connectivity index is 2.28. The van der Waals surface area contributed by atoms with E-state index in [4.69, 9.17) is 15.2 Å². The Morgan fingerprint density at radius 2 is 1.94 bits per heavy atom. The molecule has 4 atom stereocenters. The van der Waals surface area contributed by atoms with E-state index in [2.05, 4.69) is 0 Å². The summed E-state index contributed by atoms with van der Waals surface area (Å²) >= 11 is 0. The van der Waals surface area contributed by atoms with Gasteiger partial charge in [0.1, 0.15) is 5.54 Å². The zero-order valence-corrected chi connectivity index (χ0v) is 10.7. The smallest absolute Gasteiger partial charge is 0.327 e. The summed E-state index contributed by atoms with van der Waals surface area (Å²) in [5.74, 6) is -1.66. The van der Waals surface area contributed by atoms with E-state index >= 15 is 0 Å². The molecule has 1 saturated carbocycles. The van der Waals surface area contributed by atoms with Crippen LogP contribution in [0.5, 0.6) is 0 Å². The summed E-state index contributed by atoms with van der Waals surface area (Å²) in [6.07, 6.45) is 4.59. The Morgan fingerprint density at radius 3 is 2.56 bits per heavy atom. The third kappa shape index (κ3) is 1.73. The largest absolute Gasteiger partial charge is 0.466 e. The highest BCUT2D eigenvalue weighted by molar-refractivity contribution is 5.91. The first-order valence-corrected chi connectivity index (χ1v) is 6.36. The minimum absolute atomic E-state index is 0.0107. The molecular formula is C13H19NO4. The van der Waals surface area contributed by atoms with Gasteiger partial charge in [0, 0.05) is 5.92 Å². The van der Waals surface area contributed by atoms with Gasteiger partial charge in [-0.3, -0.25) is 9.59 Å². The third-order valence-electron chi connectivity index (χ3n) is 3.84. The number of nitrogens with two attached hydrogens (primary N) is 1. The summed E-state index contributed by atoms with van der Waals surface area (Å²) in [4.78, 5) is 24.1. The van der Waals surface area contributed by atoms with Crippen LogP contribution in [-0.2, 0) is 19.1 Å². The van der Waals surface area contributed by atoms with E-state index in [1.54, 1.807) is 13.8 Å². The molecule has 0 spiro atoms. The first-order valence-electron chi connectivity index (χ1n) is 6.36. The van der Waals surface area contributed by atoms with Gasteiger partial charge >= 0.3 is 11.9 Å². The second-order valence-electron chi connectivity index (χ2n) is 4.77. The van der Waals surface area contributed by atoms with Crippen LogP contribution in [0.2, 0.25) is 0 Å². The summed E-state index contributed by atoms with van der Waals surface area (Å²) in [6.45, 7) is 4.01. The van der Waals surface area contributed by atoms with E-state index in [1.807, 2.05) is 12.2 Å². The first-order chi connectivity index (χ1) is 8.55. The average Bonchev–Trinajstić information content (AvgIpc) is 2.89. The molecule has 100 valence electrons. The van der Waals surface area contributed by atoms with Gasteiger partial charge in [-0.2, -0.15) is 0 Å². The maximum Gasteiger partial charge on any atom is 0.327 e. The summed E-state index contributed by atoms with van der Waals surface area (Å²) in [5.41, 5.74) is 4.96. The third-order valence-corrected chi connectivity index (χ3v) is 3.84. The van der Waals surface area contributed by atoms with Gasteiger partial charge in [0.05, 0.1) is 19.1 Å². The SMILES string of the molecule is CCOC(=O)[C@H]1[C@@H]2C=C[C@@H](C2)[C@]1(N)C(=O)OCC. The number of fused-ring (bicyclic) bond motifs is 2. The van der Waals surface area contributed by atoms with Crippen molar-refractivity contribution in [3.8, 4) is 0 Å². The Kier molecular flexibility index (Phi) is 3.43. The van der Waals surface area contributed by atoms with Crippen molar-refractivity contribution in [3.05, 3.63) is 12.2 Å². The highest BCUT2D eigenvalue weighted by Gasteiger charge is 2.62. The Hall–Kier alpha value is -1.36. The van der Waals surface area contributed by atoms with Crippen molar-refractivity contribution in [2.45, 2.75) is 25.8 Å². The highest BCUT2D eigenvalue weighted by Crippen LogP contribution is 2.50. The summed E-state index contributed by atoms with van der Waals surface area (Å²) in [6, 6.07) is 0. The summed E-state index contributed by atoms with van der Waals surface area (Å²) in [5, 5.41) is 0. The number of carbonyl (C=O) groups excluding carboxylic acids is 2. The lowest BCUT2D eigenvalue weighted by Gasteiger charge is -2.34. The molecule has 0 aromatic heterocycles. The standard InChI is InChI=1S/C13H19NO4/c1-3-17-11(15)10-8-5-6-9(7-8)13(10,14)12(16)18-4-2/h5-6,8-10H,3-4,7,14H2,1-2H3/t8-,9+,10-,13-/m1/s1. The van der Waals surface area contributed by atoms with Gasteiger partial charge in [-0.05, 0) is 26.2 Å². The summed E-state index contributed by atoms with van der Waals surface area (Å²) < 4.78 is 10.1. The predicted molar refractivity (Wildman–Crippen MR) is 64.4 cm³/mol. The number of hydrogen-bond acceptors (Lipinski definition) is 5. The lowest BCUT2D eigenvalue weighted by molar-refractivity contribution is -0.162. The fraction of sp³-hybridized carbons (Fsp3) is 0.692. The van der Waals surface area contributed by atoms with Crippen molar-refractivity contribution in [3.63, 3.8) is 0 Å². The predicted octanol–water partition coefficient (Wildman–Crippen LogP) is 0.632. The molecule has 0 amide bonds. The van der Waals surface area contributed by atoms with E-state index in [1.165, 1.54) is 0 Å². The Labute approximate surface area is 106 Å². The van der Waals surface area contributed by atoms with E-state index in [0.717, 1.165) is 6.42 Å². The van der Waals surface area contributed by atoms with Crippen molar-refractivity contribution < 1.29 is 19.1 Å². The molecule has 2 N–H and O–H groups in total. The van der Waals surface area contributed by atoms with E-state index in [0.29, 0.717) is 0 Å². The fourth-order valence-corrected chi connectivity index (χ4v) is 3.05. The first kappa shape index (κ1) is 13.1. The van der Waals surface area contributed by atoms with Gasteiger partial charge in [0.25, 0.3) is 0 Å². The van der Waals surface area contributed by atoms with Gasteiger partial charge in [-0.1, -0.05) is 12.2 Å². The van der Waals surface area contributed by atoms with Crippen molar-refractivity contribution in [1.82, 2.24) is 0 Å². The van der Waals surface area contributed by atoms with E-state index < -0.39 is 23.4 Å². The van der Waals surface area contributed by atoms with Crippen LogP contribution in [0.3, 0.4) is 0 Å². The van der Waals surface area contributed by atoms with Crippen LogP contribution in [-0.4, -0.2) is 30.7 Å². The summed E-state index contributed by atoms with van der Waals surface area (Å²) in [7, 11) is 0. The van der Waals surface area contributed by atoms with Crippen molar-refractivity contribution in [2.24, 2.45) is 23.5 Å².